The standard InChI is InChI=1S/C14H18FN3/c15-12-4-10(3-11(6-12)14(16)17)8-18-7-9-1-2-13(18)5-9/h3-4,6,9,13H,1-2,5,7-8H2,(H3,16,17). The number of amidine groups is 1. The minimum atomic E-state index is -0.304. The highest BCUT2D eigenvalue weighted by molar-refractivity contribution is 5.95. The first-order chi connectivity index (χ1) is 8.61. The number of nitrogens with zero attached hydrogens (tertiary/aromatic N) is 1. The molecule has 0 aromatic heterocycles. The first-order valence-electron chi connectivity index (χ1n) is 6.50. The van der Waals surface area contributed by atoms with Crippen molar-refractivity contribution in [2.24, 2.45) is 11.7 Å². The highest BCUT2D eigenvalue weighted by Gasteiger charge is 2.37. The van der Waals surface area contributed by atoms with Crippen LogP contribution in [0.1, 0.15) is 30.4 Å². The van der Waals surface area contributed by atoms with E-state index in [1.54, 1.807) is 6.07 Å². The van der Waals surface area contributed by atoms with Crippen LogP contribution in [0.4, 0.5) is 4.39 Å². The van der Waals surface area contributed by atoms with Gasteiger partial charge in [0.15, 0.2) is 0 Å². The van der Waals surface area contributed by atoms with Crippen LogP contribution in [-0.4, -0.2) is 23.3 Å². The molecule has 3 N–H and O–H groups in total. The number of piperidine rings is 1. The molecule has 1 saturated carbocycles. The van der Waals surface area contributed by atoms with Gasteiger partial charge in [0.2, 0.25) is 0 Å². The molecule has 1 aliphatic carbocycles. The number of fused-ring (bicyclic) bond motifs is 2. The fourth-order valence-electron chi connectivity index (χ4n) is 3.35. The molecule has 1 aliphatic heterocycles. The quantitative estimate of drug-likeness (QED) is 0.635. The highest BCUT2D eigenvalue weighted by Crippen LogP contribution is 2.38. The van der Waals surface area contributed by atoms with Crippen molar-refractivity contribution in [1.82, 2.24) is 4.90 Å². The van der Waals surface area contributed by atoms with E-state index < -0.39 is 0 Å². The van der Waals surface area contributed by atoms with Gasteiger partial charge in [-0.25, -0.2) is 4.39 Å². The summed E-state index contributed by atoms with van der Waals surface area (Å²) in [4.78, 5) is 2.44. The van der Waals surface area contributed by atoms with Gasteiger partial charge in [0, 0.05) is 24.7 Å². The maximum atomic E-state index is 13.5. The van der Waals surface area contributed by atoms with Crippen molar-refractivity contribution in [1.29, 1.82) is 5.41 Å². The van der Waals surface area contributed by atoms with Crippen LogP contribution in [0, 0.1) is 17.1 Å². The monoisotopic (exact) mass is 247 g/mol. The van der Waals surface area contributed by atoms with Crippen LogP contribution in [0.25, 0.3) is 0 Å². The summed E-state index contributed by atoms with van der Waals surface area (Å²) in [7, 11) is 0. The van der Waals surface area contributed by atoms with E-state index in [4.69, 9.17) is 11.1 Å². The number of hydrogen-bond donors (Lipinski definition) is 2. The Morgan fingerprint density at radius 3 is 2.83 bits per heavy atom. The predicted octanol–water partition coefficient (Wildman–Crippen LogP) is 2.09. The van der Waals surface area contributed by atoms with Crippen LogP contribution >= 0.6 is 0 Å². The minimum Gasteiger partial charge on any atom is -0.384 e. The van der Waals surface area contributed by atoms with Crippen LogP contribution < -0.4 is 5.73 Å². The Kier molecular flexibility index (Phi) is 2.82. The summed E-state index contributed by atoms with van der Waals surface area (Å²) in [5, 5.41) is 7.39. The van der Waals surface area contributed by atoms with E-state index in [9.17, 15) is 4.39 Å². The van der Waals surface area contributed by atoms with E-state index in [0.29, 0.717) is 11.6 Å². The lowest BCUT2D eigenvalue weighted by atomic mass is 10.1. The van der Waals surface area contributed by atoms with Gasteiger partial charge >= 0.3 is 0 Å². The molecule has 1 heterocycles. The Morgan fingerprint density at radius 1 is 1.39 bits per heavy atom. The van der Waals surface area contributed by atoms with Gasteiger partial charge in [-0.3, -0.25) is 10.3 Å². The van der Waals surface area contributed by atoms with Crippen molar-refractivity contribution < 1.29 is 4.39 Å². The number of likely N-dealkylation sites (tertiary alicyclic amines) is 1. The largest absolute Gasteiger partial charge is 0.384 e. The average Bonchev–Trinajstić information content (AvgIpc) is 2.90. The summed E-state index contributed by atoms with van der Waals surface area (Å²) in [5.74, 6) is 0.469. The third-order valence-electron chi connectivity index (χ3n) is 4.18. The summed E-state index contributed by atoms with van der Waals surface area (Å²) in [5.41, 5.74) is 6.83. The zero-order valence-electron chi connectivity index (χ0n) is 10.3. The van der Waals surface area contributed by atoms with Gasteiger partial charge in [-0.05, 0) is 48.9 Å². The Bertz CT molecular complexity index is 486. The molecule has 2 fully saturated rings. The van der Waals surface area contributed by atoms with Crippen molar-refractivity contribution in [3.8, 4) is 0 Å². The van der Waals surface area contributed by atoms with E-state index in [1.165, 1.54) is 25.3 Å². The molecule has 4 heteroatoms. The zero-order valence-corrected chi connectivity index (χ0v) is 10.3. The zero-order chi connectivity index (χ0) is 12.7. The summed E-state index contributed by atoms with van der Waals surface area (Å²) in [6.07, 6.45) is 3.93. The lowest BCUT2D eigenvalue weighted by molar-refractivity contribution is 0.205. The molecule has 96 valence electrons. The van der Waals surface area contributed by atoms with E-state index in [1.807, 2.05) is 6.07 Å². The number of benzene rings is 1. The van der Waals surface area contributed by atoms with Crippen molar-refractivity contribution >= 4 is 5.84 Å². The molecule has 3 rings (SSSR count). The van der Waals surface area contributed by atoms with Gasteiger partial charge < -0.3 is 5.73 Å². The first kappa shape index (κ1) is 11.7. The van der Waals surface area contributed by atoms with E-state index >= 15 is 0 Å². The number of nitrogens with one attached hydrogen (secondary N) is 1. The normalized spacial score (nSPS) is 26.7. The molecule has 3 nitrogen and oxygen atoms in total. The molecule has 2 aliphatic rings. The molecule has 0 amide bonds. The van der Waals surface area contributed by atoms with Crippen molar-refractivity contribution in [2.45, 2.75) is 31.8 Å². The van der Waals surface area contributed by atoms with Crippen molar-refractivity contribution in [3.05, 3.63) is 35.1 Å². The van der Waals surface area contributed by atoms with Crippen molar-refractivity contribution in [3.63, 3.8) is 0 Å². The number of nitrogens with two attached hydrogens (primary N) is 1. The van der Waals surface area contributed by atoms with E-state index in [0.717, 1.165) is 24.6 Å². The number of nitrogen functional groups attached to an aromatic ring is 1. The molecular formula is C14H18FN3. The number of hydrogen-bond acceptors (Lipinski definition) is 2. The van der Waals surface area contributed by atoms with Crippen molar-refractivity contribution in [2.75, 3.05) is 6.54 Å². The highest BCUT2D eigenvalue weighted by atomic mass is 19.1. The molecule has 1 aromatic carbocycles. The second kappa shape index (κ2) is 4.35. The second-order valence-electron chi connectivity index (χ2n) is 5.52. The molecule has 18 heavy (non-hydrogen) atoms. The maximum Gasteiger partial charge on any atom is 0.124 e. The summed E-state index contributed by atoms with van der Waals surface area (Å²) >= 11 is 0. The molecule has 2 bridgehead atoms. The van der Waals surface area contributed by atoms with E-state index in [-0.39, 0.29) is 11.7 Å². The Hall–Kier alpha value is -1.42. The first-order valence-corrected chi connectivity index (χ1v) is 6.50. The molecule has 0 radical (unpaired) electrons. The molecular weight excluding hydrogens is 229 g/mol. The summed E-state index contributed by atoms with van der Waals surface area (Å²) in [6.45, 7) is 1.91. The fraction of sp³-hybridized carbons (Fsp3) is 0.500. The van der Waals surface area contributed by atoms with Crippen LogP contribution in [0.5, 0.6) is 0 Å². The SMILES string of the molecule is N=C(N)c1cc(F)cc(CN2CC3CCC2C3)c1. The summed E-state index contributed by atoms with van der Waals surface area (Å²) < 4.78 is 13.5. The van der Waals surface area contributed by atoms with E-state index in [2.05, 4.69) is 4.90 Å². The van der Waals surface area contributed by atoms with Crippen LogP contribution in [0.2, 0.25) is 0 Å². The topological polar surface area (TPSA) is 53.1 Å². The van der Waals surface area contributed by atoms with Gasteiger partial charge in [0.05, 0.1) is 0 Å². The predicted molar refractivity (Wildman–Crippen MR) is 69.0 cm³/mol. The molecule has 2 unspecified atom stereocenters. The van der Waals surface area contributed by atoms with Crippen LogP contribution in [0.15, 0.2) is 18.2 Å². The molecule has 2 atom stereocenters. The lowest BCUT2D eigenvalue weighted by Crippen LogP contribution is -2.31. The minimum absolute atomic E-state index is 0.0707. The van der Waals surface area contributed by atoms with Gasteiger partial charge in [-0.1, -0.05) is 0 Å². The Labute approximate surface area is 106 Å². The van der Waals surface area contributed by atoms with Gasteiger partial charge in [0.25, 0.3) is 0 Å². The van der Waals surface area contributed by atoms with Gasteiger partial charge in [0.1, 0.15) is 11.7 Å². The fourth-order valence-corrected chi connectivity index (χ4v) is 3.35. The Morgan fingerprint density at radius 2 is 2.22 bits per heavy atom. The van der Waals surface area contributed by atoms with Crippen LogP contribution in [-0.2, 0) is 6.54 Å². The van der Waals surface area contributed by atoms with Crippen LogP contribution in [0.3, 0.4) is 0 Å². The maximum absolute atomic E-state index is 13.5. The van der Waals surface area contributed by atoms with Gasteiger partial charge in [-0.2, -0.15) is 0 Å². The van der Waals surface area contributed by atoms with Gasteiger partial charge in [-0.15, -0.1) is 0 Å². The number of halogens is 1. The molecule has 0 spiro atoms. The lowest BCUT2D eigenvalue weighted by Gasteiger charge is -2.26. The summed E-state index contributed by atoms with van der Waals surface area (Å²) in [6, 6.07) is 5.39. The molecule has 1 aromatic rings. The third kappa shape index (κ3) is 2.12. The number of rotatable bonds is 3. The smallest absolute Gasteiger partial charge is 0.124 e. The second-order valence-corrected chi connectivity index (χ2v) is 5.52. The Balaban J connectivity index is 1.78. The third-order valence-corrected chi connectivity index (χ3v) is 4.18. The molecule has 1 saturated heterocycles. The average molecular weight is 247 g/mol.